The van der Waals surface area contributed by atoms with E-state index in [4.69, 9.17) is 0 Å². The minimum Gasteiger partial charge on any atom is -0.598 e. The molecule has 1 aromatic rings. The molecule has 90 valence electrons. The number of nitrogens with one attached hydrogen (secondary N) is 1. The summed E-state index contributed by atoms with van der Waals surface area (Å²) < 4.78 is 15.6. The third kappa shape index (κ3) is 4.05. The van der Waals surface area contributed by atoms with E-state index in [1.54, 1.807) is 6.20 Å². The Morgan fingerprint density at radius 1 is 1.44 bits per heavy atom. The molecule has 0 radical (unpaired) electrons. The Morgan fingerprint density at radius 3 is 2.50 bits per heavy atom. The van der Waals surface area contributed by atoms with Crippen LogP contribution in [0.2, 0.25) is 0 Å². The first-order valence-corrected chi connectivity index (χ1v) is 7.04. The highest BCUT2D eigenvalue weighted by molar-refractivity contribution is 9.10. The first-order valence-electron chi connectivity index (χ1n) is 5.10. The van der Waals surface area contributed by atoms with Crippen LogP contribution < -0.4 is 4.72 Å². The van der Waals surface area contributed by atoms with Gasteiger partial charge in [0.05, 0.1) is 11.7 Å². The van der Waals surface area contributed by atoms with Crippen molar-refractivity contribution in [2.45, 2.75) is 38.5 Å². The molecule has 0 aliphatic carbocycles. The van der Waals surface area contributed by atoms with Gasteiger partial charge < -0.3 is 4.55 Å². The molecule has 1 aromatic heterocycles. The fourth-order valence-electron chi connectivity index (χ4n) is 1.04. The largest absolute Gasteiger partial charge is 0.598 e. The van der Waals surface area contributed by atoms with Gasteiger partial charge in [-0.25, -0.2) is 0 Å². The van der Waals surface area contributed by atoms with Gasteiger partial charge in [0.15, 0.2) is 0 Å². The summed E-state index contributed by atoms with van der Waals surface area (Å²) in [6.45, 7) is 7.79. The molecule has 0 saturated carbocycles. The van der Waals surface area contributed by atoms with Gasteiger partial charge in [-0.2, -0.15) is 0 Å². The second-order valence-corrected chi connectivity index (χ2v) is 7.54. The van der Waals surface area contributed by atoms with Gasteiger partial charge in [0.2, 0.25) is 0 Å². The zero-order chi connectivity index (χ0) is 12.3. The van der Waals surface area contributed by atoms with Crippen LogP contribution in [0.1, 0.15) is 39.4 Å². The summed E-state index contributed by atoms with van der Waals surface area (Å²) in [7, 11) is 0. The van der Waals surface area contributed by atoms with E-state index in [0.717, 1.165) is 10.2 Å². The van der Waals surface area contributed by atoms with E-state index in [2.05, 4.69) is 25.6 Å². The van der Waals surface area contributed by atoms with Crippen molar-refractivity contribution in [3.8, 4) is 0 Å². The standard InChI is InChI=1S/C11H17BrN2OS/c1-8(14-16(15)11(2,3)4)10-6-5-9(12)7-13-10/h5-8,14H,1-4H3. The number of aromatic nitrogens is 1. The Kier molecular flexibility index (Phi) is 4.79. The number of pyridine rings is 1. The number of rotatable bonds is 3. The first kappa shape index (κ1) is 14.0. The summed E-state index contributed by atoms with van der Waals surface area (Å²) in [5, 5.41) is 0. The molecule has 1 heterocycles. The third-order valence-electron chi connectivity index (χ3n) is 2.03. The lowest BCUT2D eigenvalue weighted by atomic mass is 10.2. The lowest BCUT2D eigenvalue weighted by Crippen LogP contribution is -2.40. The SMILES string of the molecule is CC(N[S+]([O-])C(C)(C)C)c1ccc(Br)cn1. The highest BCUT2D eigenvalue weighted by Gasteiger charge is 2.28. The Hall–Kier alpha value is -0.100. The maximum Gasteiger partial charge on any atom is 0.136 e. The fraction of sp³-hybridized carbons (Fsp3) is 0.545. The normalized spacial score (nSPS) is 15.9. The molecular weight excluding hydrogens is 288 g/mol. The highest BCUT2D eigenvalue weighted by atomic mass is 79.9. The smallest absolute Gasteiger partial charge is 0.136 e. The van der Waals surface area contributed by atoms with Gasteiger partial charge in [0.1, 0.15) is 4.75 Å². The molecule has 0 saturated heterocycles. The summed E-state index contributed by atoms with van der Waals surface area (Å²) in [5.74, 6) is 0. The summed E-state index contributed by atoms with van der Waals surface area (Å²) in [5.41, 5.74) is 0.890. The number of hydrogen-bond acceptors (Lipinski definition) is 3. The van der Waals surface area contributed by atoms with Crippen molar-refractivity contribution >= 4 is 27.3 Å². The second kappa shape index (κ2) is 5.49. The van der Waals surface area contributed by atoms with Crippen LogP contribution >= 0.6 is 15.9 Å². The predicted octanol–water partition coefficient (Wildman–Crippen LogP) is 2.96. The average molecular weight is 305 g/mol. The molecule has 2 atom stereocenters. The zero-order valence-electron chi connectivity index (χ0n) is 9.95. The van der Waals surface area contributed by atoms with Crippen molar-refractivity contribution in [2.24, 2.45) is 0 Å². The van der Waals surface area contributed by atoms with E-state index < -0.39 is 11.4 Å². The van der Waals surface area contributed by atoms with Crippen molar-refractivity contribution in [1.29, 1.82) is 0 Å². The zero-order valence-corrected chi connectivity index (χ0v) is 12.4. The maximum absolute atomic E-state index is 11.9. The van der Waals surface area contributed by atoms with Crippen LogP contribution in [0, 0.1) is 0 Å². The summed E-state index contributed by atoms with van der Waals surface area (Å²) in [6, 6.07) is 3.83. The maximum atomic E-state index is 11.9. The van der Waals surface area contributed by atoms with Gasteiger partial charge in [0, 0.05) is 22.0 Å². The molecule has 1 N–H and O–H groups in total. The molecule has 0 bridgehead atoms. The number of halogens is 1. The Bertz CT molecular complexity index is 337. The second-order valence-electron chi connectivity index (χ2n) is 4.62. The first-order chi connectivity index (χ1) is 7.30. The fourth-order valence-corrected chi connectivity index (χ4v) is 2.07. The lowest BCUT2D eigenvalue weighted by Gasteiger charge is -2.26. The van der Waals surface area contributed by atoms with Gasteiger partial charge in [-0.1, -0.05) is 0 Å². The van der Waals surface area contributed by atoms with Crippen LogP contribution in [0.15, 0.2) is 22.8 Å². The molecule has 0 spiro atoms. The van der Waals surface area contributed by atoms with Gasteiger partial charge in [-0.15, -0.1) is 4.72 Å². The highest BCUT2D eigenvalue weighted by Crippen LogP contribution is 2.19. The number of nitrogens with zero attached hydrogens (tertiary/aromatic N) is 1. The molecular formula is C11H17BrN2OS. The molecule has 3 nitrogen and oxygen atoms in total. The van der Waals surface area contributed by atoms with Crippen molar-refractivity contribution in [1.82, 2.24) is 9.71 Å². The Labute approximate surface area is 108 Å². The quantitative estimate of drug-likeness (QED) is 0.873. The molecule has 0 amide bonds. The van der Waals surface area contributed by atoms with Gasteiger partial charge in [-0.3, -0.25) is 4.98 Å². The van der Waals surface area contributed by atoms with Crippen LogP contribution in [0.3, 0.4) is 0 Å². The summed E-state index contributed by atoms with van der Waals surface area (Å²) in [4.78, 5) is 4.27. The van der Waals surface area contributed by atoms with Crippen molar-refractivity contribution in [3.05, 3.63) is 28.5 Å². The summed E-state index contributed by atoms with van der Waals surface area (Å²) in [6.07, 6.45) is 1.74. The molecule has 2 unspecified atom stereocenters. The minimum atomic E-state index is -1.07. The van der Waals surface area contributed by atoms with Crippen LogP contribution in [-0.4, -0.2) is 14.3 Å². The third-order valence-corrected chi connectivity index (χ3v) is 4.18. The van der Waals surface area contributed by atoms with E-state index in [-0.39, 0.29) is 10.8 Å². The van der Waals surface area contributed by atoms with Gasteiger partial charge in [0.25, 0.3) is 0 Å². The van der Waals surface area contributed by atoms with E-state index in [1.165, 1.54) is 0 Å². The monoisotopic (exact) mass is 304 g/mol. The van der Waals surface area contributed by atoms with Crippen LogP contribution in [0.4, 0.5) is 0 Å². The Morgan fingerprint density at radius 2 is 2.06 bits per heavy atom. The molecule has 0 aromatic carbocycles. The molecule has 0 aliphatic rings. The van der Waals surface area contributed by atoms with Crippen LogP contribution in [-0.2, 0) is 11.4 Å². The molecule has 1 rings (SSSR count). The van der Waals surface area contributed by atoms with Crippen molar-refractivity contribution < 1.29 is 4.55 Å². The van der Waals surface area contributed by atoms with Crippen LogP contribution in [0.5, 0.6) is 0 Å². The average Bonchev–Trinajstić information content (AvgIpc) is 2.17. The molecule has 0 aliphatic heterocycles. The van der Waals surface area contributed by atoms with E-state index >= 15 is 0 Å². The van der Waals surface area contributed by atoms with Gasteiger partial charge in [-0.05, 0) is 55.8 Å². The van der Waals surface area contributed by atoms with E-state index in [9.17, 15) is 4.55 Å². The lowest BCUT2D eigenvalue weighted by molar-refractivity contribution is 0.529. The Balaban J connectivity index is 2.65. The topological polar surface area (TPSA) is 48.0 Å². The van der Waals surface area contributed by atoms with E-state index in [0.29, 0.717) is 0 Å². The minimum absolute atomic E-state index is 0.0202. The van der Waals surface area contributed by atoms with E-state index in [1.807, 2.05) is 39.8 Å². The predicted molar refractivity (Wildman–Crippen MR) is 71.4 cm³/mol. The summed E-state index contributed by atoms with van der Waals surface area (Å²) >= 11 is 2.26. The number of hydrogen-bond donors (Lipinski definition) is 1. The molecule has 0 fully saturated rings. The molecule has 16 heavy (non-hydrogen) atoms. The van der Waals surface area contributed by atoms with Crippen molar-refractivity contribution in [3.63, 3.8) is 0 Å². The van der Waals surface area contributed by atoms with Gasteiger partial charge >= 0.3 is 0 Å². The van der Waals surface area contributed by atoms with Crippen molar-refractivity contribution in [2.75, 3.05) is 0 Å². The van der Waals surface area contributed by atoms with Crippen LogP contribution in [0.25, 0.3) is 0 Å². The molecule has 5 heteroatoms.